The van der Waals surface area contributed by atoms with Gasteiger partial charge in [-0.15, -0.1) is 0 Å². The molecule has 2 rings (SSSR count). The van der Waals surface area contributed by atoms with Gasteiger partial charge in [0.05, 0.1) is 0 Å². The molecule has 0 bridgehead atoms. The quantitative estimate of drug-likeness (QED) is 0.650. The first kappa shape index (κ1) is 15.7. The Morgan fingerprint density at radius 1 is 1.43 bits per heavy atom. The molecule has 0 saturated heterocycles. The maximum absolute atomic E-state index is 12.3. The molecule has 0 aliphatic rings. The van der Waals surface area contributed by atoms with Gasteiger partial charge < -0.3 is 5.32 Å². The molecule has 0 radical (unpaired) electrons. The molecular weight excluding hydrogens is 292 g/mol. The Hall–Kier alpha value is -1.71. The lowest BCUT2D eigenvalue weighted by Gasteiger charge is -2.07. The molecule has 116 valence electrons. The second-order valence-electron chi connectivity index (χ2n) is 4.76. The molecular formula is C12H20N6O2S. The molecule has 2 aromatic heterocycles. The number of H-pyrrole nitrogens is 1. The first-order valence-electron chi connectivity index (χ1n) is 6.60. The number of aromatic nitrogens is 4. The highest BCUT2D eigenvalue weighted by Crippen LogP contribution is 2.15. The molecule has 0 aliphatic carbocycles. The largest absolute Gasteiger partial charge is 0.316 e. The summed E-state index contributed by atoms with van der Waals surface area (Å²) in [6.07, 6.45) is 2.26. The van der Waals surface area contributed by atoms with Crippen LogP contribution in [0.4, 0.5) is 0 Å². The van der Waals surface area contributed by atoms with Gasteiger partial charge >= 0.3 is 0 Å². The number of hydrogen-bond donors (Lipinski definition) is 3. The van der Waals surface area contributed by atoms with Crippen molar-refractivity contribution in [3.05, 3.63) is 29.2 Å². The molecule has 9 heteroatoms. The van der Waals surface area contributed by atoms with Gasteiger partial charge in [-0.05, 0) is 20.0 Å². The number of nitrogens with one attached hydrogen (secondary N) is 3. The smallest absolute Gasteiger partial charge is 0.260 e. The minimum atomic E-state index is -3.62. The molecule has 0 saturated carbocycles. The fourth-order valence-electron chi connectivity index (χ4n) is 2.07. The first-order valence-corrected chi connectivity index (χ1v) is 8.09. The van der Waals surface area contributed by atoms with Crippen molar-refractivity contribution >= 4 is 10.0 Å². The molecule has 8 nitrogen and oxygen atoms in total. The van der Waals surface area contributed by atoms with Crippen molar-refractivity contribution in [1.29, 1.82) is 0 Å². The highest BCUT2D eigenvalue weighted by Gasteiger charge is 2.23. The van der Waals surface area contributed by atoms with E-state index in [0.29, 0.717) is 25.1 Å². The van der Waals surface area contributed by atoms with Gasteiger partial charge in [0.2, 0.25) is 0 Å². The van der Waals surface area contributed by atoms with Crippen LogP contribution in [-0.2, 0) is 30.0 Å². The van der Waals surface area contributed by atoms with Crippen molar-refractivity contribution < 1.29 is 8.42 Å². The predicted molar refractivity (Wildman–Crippen MR) is 78.2 cm³/mol. The number of rotatable bonds is 7. The molecule has 3 N–H and O–H groups in total. The summed E-state index contributed by atoms with van der Waals surface area (Å²) in [5.41, 5.74) is 2.37. The summed E-state index contributed by atoms with van der Waals surface area (Å²) in [6, 6.07) is 1.86. The maximum atomic E-state index is 12.3. The average molecular weight is 312 g/mol. The van der Waals surface area contributed by atoms with Crippen molar-refractivity contribution in [2.24, 2.45) is 7.05 Å². The molecule has 0 aromatic carbocycles. The molecule has 2 heterocycles. The van der Waals surface area contributed by atoms with Gasteiger partial charge in [-0.2, -0.15) is 10.2 Å². The van der Waals surface area contributed by atoms with E-state index in [4.69, 9.17) is 0 Å². The van der Waals surface area contributed by atoms with Crippen molar-refractivity contribution in [1.82, 2.24) is 30.0 Å². The van der Waals surface area contributed by atoms with E-state index in [2.05, 4.69) is 25.3 Å². The first-order chi connectivity index (χ1) is 9.95. The van der Waals surface area contributed by atoms with Crippen LogP contribution in [0.25, 0.3) is 0 Å². The van der Waals surface area contributed by atoms with E-state index in [-0.39, 0.29) is 5.03 Å². The monoisotopic (exact) mass is 312 g/mol. The zero-order valence-corrected chi connectivity index (χ0v) is 13.2. The molecule has 0 spiro atoms. The standard InChI is InChI=1S/C12H20N6O2S/c1-9-11(8-13-2)12(17-16-9)21(19,20)15-7-5-10-4-6-14-18(10)3/h4,6,13,15H,5,7-8H2,1-3H3,(H,16,17). The number of aromatic amines is 1. The summed E-state index contributed by atoms with van der Waals surface area (Å²) in [6.45, 7) is 2.54. The normalized spacial score (nSPS) is 12.0. The zero-order valence-electron chi connectivity index (χ0n) is 12.3. The highest BCUT2D eigenvalue weighted by molar-refractivity contribution is 7.89. The lowest BCUT2D eigenvalue weighted by atomic mass is 10.3. The predicted octanol–water partition coefficient (Wildman–Crippen LogP) is -0.308. The lowest BCUT2D eigenvalue weighted by molar-refractivity contribution is 0.573. The molecule has 21 heavy (non-hydrogen) atoms. The molecule has 0 amide bonds. The van der Waals surface area contributed by atoms with Crippen molar-refractivity contribution in [2.75, 3.05) is 13.6 Å². The van der Waals surface area contributed by atoms with Gasteiger partial charge in [0.1, 0.15) is 0 Å². The Morgan fingerprint density at radius 3 is 2.81 bits per heavy atom. The summed E-state index contributed by atoms with van der Waals surface area (Å²) in [5.74, 6) is 0. The molecule has 0 fully saturated rings. The van der Waals surface area contributed by atoms with E-state index in [1.54, 1.807) is 24.9 Å². The Morgan fingerprint density at radius 2 is 2.19 bits per heavy atom. The third-order valence-electron chi connectivity index (χ3n) is 3.24. The Balaban J connectivity index is 2.07. The Kier molecular flexibility index (Phi) is 4.76. The van der Waals surface area contributed by atoms with E-state index in [9.17, 15) is 8.42 Å². The molecule has 0 unspecified atom stereocenters. The van der Waals surface area contributed by atoms with Crippen LogP contribution < -0.4 is 10.0 Å². The van der Waals surface area contributed by atoms with Gasteiger partial charge in [0.15, 0.2) is 5.03 Å². The average Bonchev–Trinajstić information content (AvgIpc) is 2.98. The zero-order chi connectivity index (χ0) is 15.5. The van der Waals surface area contributed by atoms with Crippen LogP contribution in [0.5, 0.6) is 0 Å². The lowest BCUT2D eigenvalue weighted by Crippen LogP contribution is -2.28. The summed E-state index contributed by atoms with van der Waals surface area (Å²) >= 11 is 0. The van der Waals surface area contributed by atoms with Crippen LogP contribution in [0.15, 0.2) is 17.3 Å². The molecule has 2 aromatic rings. The van der Waals surface area contributed by atoms with Crippen molar-refractivity contribution in [3.8, 4) is 0 Å². The summed E-state index contributed by atoms with van der Waals surface area (Å²) < 4.78 is 28.9. The van der Waals surface area contributed by atoms with Crippen LogP contribution in [0, 0.1) is 6.92 Å². The van der Waals surface area contributed by atoms with E-state index in [0.717, 1.165) is 11.4 Å². The minimum Gasteiger partial charge on any atom is -0.316 e. The number of sulfonamides is 1. The van der Waals surface area contributed by atoms with Gasteiger partial charge in [0.25, 0.3) is 10.0 Å². The number of hydrogen-bond acceptors (Lipinski definition) is 5. The van der Waals surface area contributed by atoms with Crippen LogP contribution in [-0.4, -0.2) is 42.0 Å². The van der Waals surface area contributed by atoms with Crippen molar-refractivity contribution in [2.45, 2.75) is 24.9 Å². The third-order valence-corrected chi connectivity index (χ3v) is 4.67. The fourth-order valence-corrected chi connectivity index (χ4v) is 3.29. The Labute approximate surface area is 124 Å². The second-order valence-corrected chi connectivity index (χ2v) is 6.44. The van der Waals surface area contributed by atoms with E-state index in [1.165, 1.54) is 0 Å². The molecule has 0 atom stereocenters. The van der Waals surface area contributed by atoms with Gasteiger partial charge in [-0.1, -0.05) is 0 Å². The van der Waals surface area contributed by atoms with Crippen LogP contribution in [0.2, 0.25) is 0 Å². The van der Waals surface area contributed by atoms with E-state index >= 15 is 0 Å². The summed E-state index contributed by atoms with van der Waals surface area (Å²) in [4.78, 5) is 0. The van der Waals surface area contributed by atoms with Crippen LogP contribution in [0.3, 0.4) is 0 Å². The number of aryl methyl sites for hydroxylation is 2. The number of nitrogens with zero attached hydrogens (tertiary/aromatic N) is 3. The van der Waals surface area contributed by atoms with E-state index in [1.807, 2.05) is 13.1 Å². The van der Waals surface area contributed by atoms with E-state index < -0.39 is 10.0 Å². The van der Waals surface area contributed by atoms with Crippen LogP contribution >= 0.6 is 0 Å². The topological polar surface area (TPSA) is 105 Å². The summed E-state index contributed by atoms with van der Waals surface area (Å²) in [5, 5.41) is 13.7. The fraction of sp³-hybridized carbons (Fsp3) is 0.500. The Bertz CT molecular complexity index is 703. The van der Waals surface area contributed by atoms with Crippen molar-refractivity contribution in [3.63, 3.8) is 0 Å². The van der Waals surface area contributed by atoms with Gasteiger partial charge in [0, 0.05) is 49.7 Å². The van der Waals surface area contributed by atoms with Gasteiger partial charge in [-0.3, -0.25) is 9.78 Å². The third kappa shape index (κ3) is 3.49. The summed E-state index contributed by atoms with van der Waals surface area (Å²) in [7, 11) is -0.0325. The SMILES string of the molecule is CNCc1c(S(=O)(=O)NCCc2ccnn2C)n[nH]c1C. The van der Waals surface area contributed by atoms with Crippen LogP contribution in [0.1, 0.15) is 17.0 Å². The highest BCUT2D eigenvalue weighted by atomic mass is 32.2. The second kappa shape index (κ2) is 6.37. The minimum absolute atomic E-state index is 0.0550. The molecule has 0 aliphatic heterocycles. The maximum Gasteiger partial charge on any atom is 0.260 e. The van der Waals surface area contributed by atoms with Gasteiger partial charge in [-0.25, -0.2) is 13.1 Å².